The summed E-state index contributed by atoms with van der Waals surface area (Å²) in [7, 11) is 0. The topological polar surface area (TPSA) is 104 Å². The molecule has 0 aliphatic carbocycles. The van der Waals surface area contributed by atoms with Gasteiger partial charge in [-0.2, -0.15) is 0 Å². The lowest BCUT2D eigenvalue weighted by atomic mass is 10.0. The molecule has 1 atom stereocenters. The van der Waals surface area contributed by atoms with Crippen molar-refractivity contribution in [1.29, 1.82) is 0 Å². The third-order valence-corrected chi connectivity index (χ3v) is 5.17. The van der Waals surface area contributed by atoms with Crippen molar-refractivity contribution in [2.24, 2.45) is 0 Å². The van der Waals surface area contributed by atoms with Crippen LogP contribution in [0.2, 0.25) is 10.0 Å². The number of hydrogen-bond acceptors (Lipinski definition) is 5. The number of benzene rings is 1. The number of rotatable bonds is 8. The molecular weight excluding hydrogens is 439 g/mol. The molecule has 3 aromatic rings. The lowest BCUT2D eigenvalue weighted by Crippen LogP contribution is -2.32. The molecule has 3 N–H and O–H groups in total. The van der Waals surface area contributed by atoms with Crippen LogP contribution in [0.25, 0.3) is 0 Å². The van der Waals surface area contributed by atoms with Crippen LogP contribution in [0.5, 0.6) is 0 Å². The highest BCUT2D eigenvalue weighted by molar-refractivity contribution is 6.39. The summed E-state index contributed by atoms with van der Waals surface area (Å²) in [5, 5.41) is 15.7. The Morgan fingerprint density at radius 1 is 1.06 bits per heavy atom. The first kappa shape index (κ1) is 22.5. The molecule has 1 amide bonds. The predicted octanol–water partition coefficient (Wildman–Crippen LogP) is 4.71. The third-order valence-electron chi connectivity index (χ3n) is 4.60. The molecule has 2 heterocycles. The molecule has 160 valence electrons. The van der Waals surface area contributed by atoms with E-state index >= 15 is 0 Å². The summed E-state index contributed by atoms with van der Waals surface area (Å²) in [6.45, 7) is 2.02. The summed E-state index contributed by atoms with van der Waals surface area (Å²) in [6.07, 6.45) is 5.47. The Hall–Kier alpha value is -3.16. The van der Waals surface area contributed by atoms with E-state index in [4.69, 9.17) is 23.2 Å². The molecule has 7 nitrogen and oxygen atoms in total. The molecule has 3 rings (SSSR count). The van der Waals surface area contributed by atoms with Gasteiger partial charge in [-0.25, -0.2) is 9.78 Å². The zero-order valence-corrected chi connectivity index (χ0v) is 18.1. The summed E-state index contributed by atoms with van der Waals surface area (Å²) in [4.78, 5) is 32.3. The minimum Gasteiger partial charge on any atom is -0.480 e. The quantitative estimate of drug-likeness (QED) is 0.451. The number of aryl methyl sites for hydroxylation is 1. The van der Waals surface area contributed by atoms with Gasteiger partial charge in [-0.05, 0) is 41.8 Å². The Bertz CT molecular complexity index is 1070. The van der Waals surface area contributed by atoms with Gasteiger partial charge in [0.05, 0.1) is 15.7 Å². The average Bonchev–Trinajstić information content (AvgIpc) is 2.76. The number of aliphatic carboxylic acids is 1. The average molecular weight is 459 g/mol. The van der Waals surface area contributed by atoms with E-state index < -0.39 is 17.9 Å². The second-order valence-corrected chi connectivity index (χ2v) is 7.59. The van der Waals surface area contributed by atoms with E-state index in [-0.39, 0.29) is 22.2 Å². The second-order valence-electron chi connectivity index (χ2n) is 6.77. The van der Waals surface area contributed by atoms with Crippen molar-refractivity contribution in [2.45, 2.75) is 25.8 Å². The van der Waals surface area contributed by atoms with E-state index in [1.54, 1.807) is 30.5 Å². The van der Waals surface area contributed by atoms with Crippen molar-refractivity contribution in [2.75, 3.05) is 10.6 Å². The maximum atomic E-state index is 12.5. The van der Waals surface area contributed by atoms with Gasteiger partial charge in [0, 0.05) is 30.6 Å². The van der Waals surface area contributed by atoms with E-state index in [2.05, 4.69) is 20.6 Å². The van der Waals surface area contributed by atoms with Gasteiger partial charge in [0.15, 0.2) is 0 Å². The number of aromatic nitrogens is 2. The van der Waals surface area contributed by atoms with Crippen molar-refractivity contribution in [3.8, 4) is 0 Å². The van der Waals surface area contributed by atoms with E-state index in [0.717, 1.165) is 17.5 Å². The number of carboxylic acids is 1. The molecule has 0 aliphatic rings. The molecule has 0 saturated carbocycles. The van der Waals surface area contributed by atoms with E-state index in [1.165, 1.54) is 12.4 Å². The Morgan fingerprint density at radius 2 is 1.74 bits per heavy atom. The van der Waals surface area contributed by atoms with Crippen molar-refractivity contribution in [3.63, 3.8) is 0 Å². The van der Waals surface area contributed by atoms with Crippen LogP contribution in [0.1, 0.15) is 28.4 Å². The number of amides is 1. The molecular formula is C22H20Cl2N4O3. The summed E-state index contributed by atoms with van der Waals surface area (Å²) in [5.41, 5.74) is 2.48. The Morgan fingerprint density at radius 3 is 2.35 bits per heavy atom. The first-order valence-electron chi connectivity index (χ1n) is 9.51. The molecule has 2 aromatic heterocycles. The number of nitrogens with one attached hydrogen (secondary N) is 2. The zero-order valence-electron chi connectivity index (χ0n) is 16.6. The molecule has 0 fully saturated rings. The second kappa shape index (κ2) is 10.2. The molecule has 0 bridgehead atoms. The van der Waals surface area contributed by atoms with Gasteiger partial charge >= 0.3 is 5.97 Å². The van der Waals surface area contributed by atoms with Crippen LogP contribution in [0.15, 0.2) is 55.0 Å². The van der Waals surface area contributed by atoms with Gasteiger partial charge < -0.3 is 15.7 Å². The Labute approximate surface area is 189 Å². The predicted molar refractivity (Wildman–Crippen MR) is 121 cm³/mol. The number of pyridine rings is 2. The van der Waals surface area contributed by atoms with Crippen LogP contribution >= 0.6 is 23.2 Å². The molecule has 9 heteroatoms. The fourth-order valence-corrected chi connectivity index (χ4v) is 3.36. The fraction of sp³-hybridized carbons (Fsp3) is 0.182. The zero-order chi connectivity index (χ0) is 22.4. The van der Waals surface area contributed by atoms with Crippen LogP contribution in [0.4, 0.5) is 11.5 Å². The molecule has 0 aliphatic heterocycles. The Balaban J connectivity index is 1.69. The van der Waals surface area contributed by atoms with Gasteiger partial charge in [-0.15, -0.1) is 0 Å². The first-order chi connectivity index (χ1) is 14.9. The van der Waals surface area contributed by atoms with E-state index in [1.807, 2.05) is 19.1 Å². The standard InChI is InChI=1S/C22H20Cl2N4O3/c1-2-13-7-8-26-19(10-13)27-18(22(30)31)9-14-3-5-15(6-4-14)21(29)28-20-16(23)11-25-12-17(20)24/h3-8,10-12,18H,2,9H2,1H3,(H,26,27)(H,30,31)(H,25,28,29). The van der Waals surface area contributed by atoms with Crippen LogP contribution in [-0.4, -0.2) is 33.0 Å². The first-order valence-corrected chi connectivity index (χ1v) is 10.3. The van der Waals surface area contributed by atoms with Crippen molar-refractivity contribution >= 4 is 46.6 Å². The van der Waals surface area contributed by atoms with Crippen LogP contribution < -0.4 is 10.6 Å². The van der Waals surface area contributed by atoms with Gasteiger partial charge in [-0.3, -0.25) is 9.78 Å². The number of hydrogen-bond donors (Lipinski definition) is 3. The maximum absolute atomic E-state index is 12.5. The molecule has 1 aromatic carbocycles. The highest BCUT2D eigenvalue weighted by atomic mass is 35.5. The summed E-state index contributed by atoms with van der Waals surface area (Å²) in [6, 6.07) is 9.49. The van der Waals surface area contributed by atoms with Crippen molar-refractivity contribution < 1.29 is 14.7 Å². The van der Waals surface area contributed by atoms with Crippen molar-refractivity contribution in [1.82, 2.24) is 9.97 Å². The van der Waals surface area contributed by atoms with Crippen LogP contribution in [-0.2, 0) is 17.6 Å². The van der Waals surface area contributed by atoms with Gasteiger partial charge in [-0.1, -0.05) is 42.3 Å². The molecule has 31 heavy (non-hydrogen) atoms. The van der Waals surface area contributed by atoms with E-state index in [9.17, 15) is 14.7 Å². The lowest BCUT2D eigenvalue weighted by Gasteiger charge is -2.16. The monoisotopic (exact) mass is 458 g/mol. The number of carboxylic acid groups (broad SMARTS) is 1. The SMILES string of the molecule is CCc1ccnc(NC(Cc2ccc(C(=O)Nc3c(Cl)cncc3Cl)cc2)C(=O)O)c1. The normalized spacial score (nSPS) is 11.6. The lowest BCUT2D eigenvalue weighted by molar-refractivity contribution is -0.137. The minimum atomic E-state index is -0.993. The smallest absolute Gasteiger partial charge is 0.326 e. The highest BCUT2D eigenvalue weighted by Gasteiger charge is 2.19. The van der Waals surface area contributed by atoms with Crippen LogP contribution in [0.3, 0.4) is 0 Å². The van der Waals surface area contributed by atoms with Gasteiger partial charge in [0.1, 0.15) is 11.9 Å². The summed E-state index contributed by atoms with van der Waals surface area (Å²) in [5.74, 6) is -0.878. The summed E-state index contributed by atoms with van der Waals surface area (Å²) < 4.78 is 0. The third kappa shape index (κ3) is 5.93. The fourth-order valence-electron chi connectivity index (χ4n) is 2.90. The minimum absolute atomic E-state index is 0.220. The van der Waals surface area contributed by atoms with E-state index in [0.29, 0.717) is 11.4 Å². The van der Waals surface area contributed by atoms with Crippen LogP contribution in [0, 0.1) is 0 Å². The summed E-state index contributed by atoms with van der Waals surface area (Å²) >= 11 is 12.1. The largest absolute Gasteiger partial charge is 0.480 e. The number of nitrogens with zero attached hydrogens (tertiary/aromatic N) is 2. The number of carbonyl (C=O) groups is 2. The maximum Gasteiger partial charge on any atom is 0.326 e. The highest BCUT2D eigenvalue weighted by Crippen LogP contribution is 2.29. The molecule has 0 saturated heterocycles. The molecule has 0 spiro atoms. The molecule has 0 radical (unpaired) electrons. The van der Waals surface area contributed by atoms with Gasteiger partial charge in [0.25, 0.3) is 5.91 Å². The Kier molecular flexibility index (Phi) is 7.44. The van der Waals surface area contributed by atoms with Crippen molar-refractivity contribution in [3.05, 3.63) is 81.7 Å². The number of halogens is 2. The number of anilines is 2. The number of carbonyl (C=O) groups excluding carboxylic acids is 1. The van der Waals surface area contributed by atoms with Gasteiger partial charge in [0.2, 0.25) is 0 Å². The molecule has 1 unspecified atom stereocenters.